The van der Waals surface area contributed by atoms with Gasteiger partial charge in [0, 0.05) is 18.8 Å². The van der Waals surface area contributed by atoms with Crippen LogP contribution in [0.5, 0.6) is 11.5 Å². The summed E-state index contributed by atoms with van der Waals surface area (Å²) in [6, 6.07) is 5.81. The van der Waals surface area contributed by atoms with Gasteiger partial charge in [0.25, 0.3) is 0 Å². The first kappa shape index (κ1) is 12.4. The van der Waals surface area contributed by atoms with E-state index in [9.17, 15) is 0 Å². The Labute approximate surface area is 107 Å². The van der Waals surface area contributed by atoms with Gasteiger partial charge in [-0.3, -0.25) is 9.97 Å². The maximum absolute atomic E-state index is 5.83. The lowest BCUT2D eigenvalue weighted by atomic mass is 10.2. The molecule has 0 fully saturated rings. The molecule has 0 amide bonds. The highest BCUT2D eigenvalue weighted by atomic mass is 16.5. The first-order valence-corrected chi connectivity index (χ1v) is 6.00. The lowest BCUT2D eigenvalue weighted by Gasteiger charge is -2.10. The Hall–Kier alpha value is -2.10. The molecule has 0 unspecified atom stereocenters. The molecule has 1 N–H and O–H groups in total. The zero-order valence-corrected chi connectivity index (χ0v) is 10.9. The SMILES string of the molecule is CCc1nc(C)ccc1Oc1cncc(NC)c1. The Kier molecular flexibility index (Phi) is 3.77. The fraction of sp³-hybridized carbons (Fsp3) is 0.286. The number of nitrogens with zero attached hydrogens (tertiary/aromatic N) is 2. The number of ether oxygens (including phenoxy) is 1. The van der Waals surface area contributed by atoms with Crippen molar-refractivity contribution < 1.29 is 4.74 Å². The van der Waals surface area contributed by atoms with Crippen molar-refractivity contribution in [3.8, 4) is 11.5 Å². The molecule has 4 nitrogen and oxygen atoms in total. The molecule has 0 bridgehead atoms. The van der Waals surface area contributed by atoms with Gasteiger partial charge in [0.05, 0.1) is 23.8 Å². The van der Waals surface area contributed by atoms with Crippen molar-refractivity contribution in [3.63, 3.8) is 0 Å². The fourth-order valence-electron chi connectivity index (χ4n) is 1.68. The zero-order chi connectivity index (χ0) is 13.0. The van der Waals surface area contributed by atoms with E-state index in [-0.39, 0.29) is 0 Å². The molecule has 18 heavy (non-hydrogen) atoms. The van der Waals surface area contributed by atoms with Crippen LogP contribution in [0.1, 0.15) is 18.3 Å². The second kappa shape index (κ2) is 5.49. The summed E-state index contributed by atoms with van der Waals surface area (Å²) < 4.78 is 5.83. The maximum Gasteiger partial charge on any atom is 0.148 e. The van der Waals surface area contributed by atoms with Crippen LogP contribution in [0, 0.1) is 6.92 Å². The van der Waals surface area contributed by atoms with Gasteiger partial charge >= 0.3 is 0 Å². The van der Waals surface area contributed by atoms with Crippen molar-refractivity contribution in [1.82, 2.24) is 9.97 Å². The van der Waals surface area contributed by atoms with Crippen molar-refractivity contribution in [3.05, 3.63) is 42.0 Å². The highest BCUT2D eigenvalue weighted by Gasteiger charge is 2.06. The second-order valence-corrected chi connectivity index (χ2v) is 4.01. The van der Waals surface area contributed by atoms with E-state index in [1.807, 2.05) is 32.2 Å². The minimum Gasteiger partial charge on any atom is -0.454 e. The molecule has 94 valence electrons. The molecule has 2 aromatic heterocycles. The molecule has 0 radical (unpaired) electrons. The number of nitrogens with one attached hydrogen (secondary N) is 1. The third-order valence-electron chi connectivity index (χ3n) is 2.64. The van der Waals surface area contributed by atoms with Gasteiger partial charge in [-0.1, -0.05) is 6.92 Å². The van der Waals surface area contributed by atoms with Crippen molar-refractivity contribution in [2.75, 3.05) is 12.4 Å². The van der Waals surface area contributed by atoms with Crippen LogP contribution in [0.25, 0.3) is 0 Å². The number of hydrogen-bond acceptors (Lipinski definition) is 4. The molecule has 0 saturated heterocycles. The molecular weight excluding hydrogens is 226 g/mol. The molecule has 2 rings (SSSR count). The maximum atomic E-state index is 5.83. The lowest BCUT2D eigenvalue weighted by molar-refractivity contribution is 0.471. The van der Waals surface area contributed by atoms with Crippen LogP contribution in [-0.4, -0.2) is 17.0 Å². The standard InChI is InChI=1S/C14H17N3O/c1-4-13-14(6-5-10(2)17-13)18-12-7-11(15-3)8-16-9-12/h5-9,15H,4H2,1-3H3. The van der Waals surface area contributed by atoms with Crippen LogP contribution in [0.3, 0.4) is 0 Å². The van der Waals surface area contributed by atoms with E-state index in [1.165, 1.54) is 0 Å². The first-order chi connectivity index (χ1) is 8.72. The summed E-state index contributed by atoms with van der Waals surface area (Å²) in [5, 5.41) is 3.03. The first-order valence-electron chi connectivity index (χ1n) is 6.00. The molecule has 0 aliphatic heterocycles. The largest absolute Gasteiger partial charge is 0.454 e. The van der Waals surface area contributed by atoms with Crippen LogP contribution in [0.2, 0.25) is 0 Å². The Morgan fingerprint density at radius 2 is 2.11 bits per heavy atom. The topological polar surface area (TPSA) is 47.0 Å². The molecule has 0 saturated carbocycles. The Bertz CT molecular complexity index is 540. The molecule has 2 aromatic rings. The third-order valence-corrected chi connectivity index (χ3v) is 2.64. The average Bonchev–Trinajstić information content (AvgIpc) is 2.41. The quantitative estimate of drug-likeness (QED) is 0.895. The van der Waals surface area contributed by atoms with E-state index in [2.05, 4.69) is 22.2 Å². The van der Waals surface area contributed by atoms with Gasteiger partial charge in [0.2, 0.25) is 0 Å². The van der Waals surface area contributed by atoms with Crippen molar-refractivity contribution in [1.29, 1.82) is 0 Å². The molecule has 0 aromatic carbocycles. The number of pyridine rings is 2. The van der Waals surface area contributed by atoms with Crippen LogP contribution in [0.4, 0.5) is 5.69 Å². The molecule has 2 heterocycles. The lowest BCUT2D eigenvalue weighted by Crippen LogP contribution is -1.96. The summed E-state index contributed by atoms with van der Waals surface area (Å²) in [6.45, 7) is 4.04. The zero-order valence-electron chi connectivity index (χ0n) is 10.9. The third kappa shape index (κ3) is 2.77. The number of rotatable bonds is 4. The van der Waals surface area contributed by atoms with Crippen LogP contribution in [0.15, 0.2) is 30.6 Å². The molecule has 0 spiro atoms. The molecule has 0 aliphatic carbocycles. The number of anilines is 1. The predicted octanol–water partition coefficient (Wildman–Crippen LogP) is 3.18. The fourth-order valence-corrected chi connectivity index (χ4v) is 1.68. The highest BCUT2D eigenvalue weighted by molar-refractivity contribution is 5.46. The minimum atomic E-state index is 0.710. The van der Waals surface area contributed by atoms with Gasteiger partial charge in [0.1, 0.15) is 11.5 Å². The summed E-state index contributed by atoms with van der Waals surface area (Å²) in [5.74, 6) is 1.50. The molecule has 0 aliphatic rings. The number of aryl methyl sites for hydroxylation is 2. The molecule has 4 heteroatoms. The van der Waals surface area contributed by atoms with E-state index >= 15 is 0 Å². The van der Waals surface area contributed by atoms with Gasteiger partial charge in [-0.25, -0.2) is 0 Å². The van der Waals surface area contributed by atoms with Crippen LogP contribution >= 0.6 is 0 Å². The van der Waals surface area contributed by atoms with E-state index in [4.69, 9.17) is 4.74 Å². The minimum absolute atomic E-state index is 0.710. The van der Waals surface area contributed by atoms with Gasteiger partial charge in [-0.2, -0.15) is 0 Å². The van der Waals surface area contributed by atoms with Gasteiger partial charge in [-0.05, 0) is 25.5 Å². The average molecular weight is 243 g/mol. The van der Waals surface area contributed by atoms with Gasteiger partial charge in [-0.15, -0.1) is 0 Å². The van der Waals surface area contributed by atoms with Gasteiger partial charge < -0.3 is 10.1 Å². The normalized spacial score (nSPS) is 10.2. The summed E-state index contributed by atoms with van der Waals surface area (Å²) in [4.78, 5) is 8.59. The predicted molar refractivity (Wildman–Crippen MR) is 72.2 cm³/mol. The number of aromatic nitrogens is 2. The summed E-state index contributed by atoms with van der Waals surface area (Å²) in [7, 11) is 1.85. The van der Waals surface area contributed by atoms with E-state index < -0.39 is 0 Å². The van der Waals surface area contributed by atoms with Crippen molar-refractivity contribution in [2.45, 2.75) is 20.3 Å². The summed E-state index contributed by atoms with van der Waals surface area (Å²) in [5.41, 5.74) is 2.89. The van der Waals surface area contributed by atoms with Crippen molar-refractivity contribution >= 4 is 5.69 Å². The Balaban J connectivity index is 2.27. The number of hydrogen-bond donors (Lipinski definition) is 1. The van der Waals surface area contributed by atoms with Gasteiger partial charge in [0.15, 0.2) is 0 Å². The smallest absolute Gasteiger partial charge is 0.148 e. The van der Waals surface area contributed by atoms with Crippen molar-refractivity contribution in [2.24, 2.45) is 0 Å². The molecule has 0 atom stereocenters. The van der Waals surface area contributed by atoms with Crippen LogP contribution < -0.4 is 10.1 Å². The van der Waals surface area contributed by atoms with E-state index in [1.54, 1.807) is 12.4 Å². The Morgan fingerprint density at radius 1 is 1.28 bits per heavy atom. The summed E-state index contributed by atoms with van der Waals surface area (Å²) >= 11 is 0. The van der Waals surface area contributed by atoms with E-state index in [0.29, 0.717) is 5.75 Å². The van der Waals surface area contributed by atoms with Crippen LogP contribution in [-0.2, 0) is 6.42 Å². The highest BCUT2D eigenvalue weighted by Crippen LogP contribution is 2.25. The summed E-state index contributed by atoms with van der Waals surface area (Å²) in [6.07, 6.45) is 4.29. The van der Waals surface area contributed by atoms with E-state index in [0.717, 1.165) is 29.2 Å². The Morgan fingerprint density at radius 3 is 2.83 bits per heavy atom. The molecular formula is C14H17N3O. The monoisotopic (exact) mass is 243 g/mol. The second-order valence-electron chi connectivity index (χ2n) is 4.01.